The minimum atomic E-state index is -1.03. The summed E-state index contributed by atoms with van der Waals surface area (Å²) in [5.41, 5.74) is 1.60. The molecule has 4 atom stereocenters. The fourth-order valence-corrected chi connectivity index (χ4v) is 5.92. The molecule has 4 rings (SSSR count). The van der Waals surface area contributed by atoms with Gasteiger partial charge in [0.05, 0.1) is 5.69 Å². The van der Waals surface area contributed by atoms with Gasteiger partial charge in [0, 0.05) is 57.2 Å². The van der Waals surface area contributed by atoms with Gasteiger partial charge in [-0.3, -0.25) is 23.9 Å². The molecule has 47 heavy (non-hydrogen) atoms. The number of aromatic nitrogens is 2. The third kappa shape index (κ3) is 8.62. The Morgan fingerprint density at radius 2 is 1.60 bits per heavy atom. The van der Waals surface area contributed by atoms with Gasteiger partial charge in [-0.25, -0.2) is 4.39 Å². The van der Waals surface area contributed by atoms with Crippen LogP contribution in [0, 0.1) is 5.82 Å². The number of carbonyl (C=O) groups is 4. The highest BCUT2D eigenvalue weighted by Crippen LogP contribution is 2.28. The number of nitrogens with zero attached hydrogens (tertiary/aromatic N) is 4. The fraction of sp³-hybridized carbons (Fsp3) is 0.457. The summed E-state index contributed by atoms with van der Waals surface area (Å²) in [5.74, 6) is -3.16. The lowest BCUT2D eigenvalue weighted by molar-refractivity contribution is -0.138. The molecule has 11 nitrogen and oxygen atoms in total. The van der Waals surface area contributed by atoms with E-state index in [4.69, 9.17) is 0 Å². The summed E-state index contributed by atoms with van der Waals surface area (Å²) in [5, 5.41) is 12.6. The molecule has 2 aromatic carbocycles. The highest BCUT2D eigenvalue weighted by molar-refractivity contribution is 6.01. The third-order valence-electron chi connectivity index (χ3n) is 8.88. The minimum Gasteiger partial charge on any atom is -0.344 e. The Morgan fingerprint density at radius 1 is 0.894 bits per heavy atom. The molecule has 3 N–H and O–H groups in total. The zero-order valence-electron chi connectivity index (χ0n) is 27.8. The largest absolute Gasteiger partial charge is 0.344 e. The fourth-order valence-electron chi connectivity index (χ4n) is 5.92. The molecular formula is C35H46FN7O4. The molecule has 0 unspecified atom stereocenters. The highest BCUT2D eigenvalue weighted by Gasteiger charge is 2.34. The molecule has 4 amide bonds. The van der Waals surface area contributed by atoms with Gasteiger partial charge in [-0.1, -0.05) is 57.2 Å². The van der Waals surface area contributed by atoms with Crippen molar-refractivity contribution >= 4 is 29.3 Å². The normalized spacial score (nSPS) is 16.1. The van der Waals surface area contributed by atoms with Crippen molar-refractivity contribution in [2.75, 3.05) is 38.5 Å². The third-order valence-corrected chi connectivity index (χ3v) is 8.88. The smallest absolute Gasteiger partial charge is 0.270 e. The molecule has 2 heterocycles. The number of amides is 4. The van der Waals surface area contributed by atoms with Crippen LogP contribution in [-0.4, -0.2) is 88.5 Å². The quantitative estimate of drug-likeness (QED) is 0.259. The number of halogens is 1. The van der Waals surface area contributed by atoms with E-state index in [2.05, 4.69) is 25.9 Å². The zero-order chi connectivity index (χ0) is 34.1. The van der Waals surface area contributed by atoms with Crippen LogP contribution in [-0.2, 0) is 20.9 Å². The van der Waals surface area contributed by atoms with Crippen LogP contribution in [0.5, 0.6) is 0 Å². The van der Waals surface area contributed by atoms with E-state index >= 15 is 4.39 Å². The SMILES string of the molecule is CCC(=O)N[C@@H](C(=O)N1CCN(C)CC1)[C@@H](C)c1ccc(NC(=O)[C@@H](NC(=O)c2ccnn2CC)[C@@H](CC)c2ccccc2)c(F)c1. The monoisotopic (exact) mass is 647 g/mol. The second-order valence-electron chi connectivity index (χ2n) is 12.0. The summed E-state index contributed by atoms with van der Waals surface area (Å²) in [4.78, 5) is 57.1. The maximum Gasteiger partial charge on any atom is 0.270 e. The Balaban J connectivity index is 1.58. The lowest BCUT2D eigenvalue weighted by Crippen LogP contribution is -2.55. The first-order valence-corrected chi connectivity index (χ1v) is 16.3. The predicted molar refractivity (Wildman–Crippen MR) is 178 cm³/mol. The number of aryl methyl sites for hydroxylation is 1. The average Bonchev–Trinajstić information content (AvgIpc) is 3.57. The summed E-state index contributed by atoms with van der Waals surface area (Å²) >= 11 is 0. The summed E-state index contributed by atoms with van der Waals surface area (Å²) in [6.45, 7) is 10.3. The van der Waals surface area contributed by atoms with Crippen molar-refractivity contribution in [3.63, 3.8) is 0 Å². The van der Waals surface area contributed by atoms with Gasteiger partial charge in [-0.15, -0.1) is 0 Å². The first kappa shape index (κ1) is 35.3. The Bertz CT molecular complexity index is 1540. The summed E-state index contributed by atoms with van der Waals surface area (Å²) in [6, 6.07) is 13.5. The van der Waals surface area contributed by atoms with Crippen molar-refractivity contribution < 1.29 is 23.6 Å². The number of nitrogens with one attached hydrogen (secondary N) is 3. The van der Waals surface area contributed by atoms with Gasteiger partial charge < -0.3 is 25.8 Å². The molecule has 0 saturated carbocycles. The van der Waals surface area contributed by atoms with Gasteiger partial charge in [0.1, 0.15) is 23.6 Å². The van der Waals surface area contributed by atoms with Crippen LogP contribution in [0.1, 0.15) is 74.0 Å². The number of benzene rings is 2. The molecule has 1 saturated heterocycles. The van der Waals surface area contributed by atoms with Crippen LogP contribution < -0.4 is 16.0 Å². The van der Waals surface area contributed by atoms with Crippen LogP contribution in [0.3, 0.4) is 0 Å². The van der Waals surface area contributed by atoms with E-state index in [-0.39, 0.29) is 23.9 Å². The molecule has 1 aliphatic rings. The van der Waals surface area contributed by atoms with E-state index in [1.165, 1.54) is 23.0 Å². The molecule has 1 aromatic heterocycles. The Labute approximate surface area is 275 Å². The van der Waals surface area contributed by atoms with Crippen LogP contribution in [0.2, 0.25) is 0 Å². The number of rotatable bonds is 13. The Hall–Kier alpha value is -4.58. The van der Waals surface area contributed by atoms with E-state index in [1.807, 2.05) is 51.2 Å². The Kier molecular flexibility index (Phi) is 12.2. The van der Waals surface area contributed by atoms with Gasteiger partial charge in [0.25, 0.3) is 5.91 Å². The number of hydrogen-bond donors (Lipinski definition) is 3. The van der Waals surface area contributed by atoms with Gasteiger partial charge in [0.2, 0.25) is 17.7 Å². The molecule has 3 aromatic rings. The number of piperazine rings is 1. The van der Waals surface area contributed by atoms with Crippen molar-refractivity contribution in [2.24, 2.45) is 0 Å². The molecule has 1 fully saturated rings. The molecule has 0 bridgehead atoms. The van der Waals surface area contributed by atoms with Crippen molar-refractivity contribution in [1.29, 1.82) is 0 Å². The standard InChI is InChI=1S/C35H46FN7O4/c1-6-26(24-12-10-9-11-13-24)32(40-33(45)29-16-17-37-43(29)8-3)34(46)38-28-15-14-25(22-27(28)36)23(4)31(39-30(44)7-2)35(47)42-20-18-41(5)19-21-42/h9-17,22-23,26,31-32H,6-8,18-21H2,1-5H3,(H,38,46)(H,39,44)(H,40,45)/t23-,26-,31+,32-/m0/s1. The number of hydrogen-bond acceptors (Lipinski definition) is 6. The number of anilines is 1. The maximum atomic E-state index is 15.7. The minimum absolute atomic E-state index is 0.0637. The van der Waals surface area contributed by atoms with Crippen LogP contribution in [0.4, 0.5) is 10.1 Å². The second kappa shape index (κ2) is 16.3. The summed E-state index contributed by atoms with van der Waals surface area (Å²) in [6.07, 6.45) is 2.26. The lowest BCUT2D eigenvalue weighted by Gasteiger charge is -2.36. The van der Waals surface area contributed by atoms with Crippen molar-refractivity contribution in [3.05, 3.63) is 83.4 Å². The van der Waals surface area contributed by atoms with Gasteiger partial charge in [-0.2, -0.15) is 5.10 Å². The number of likely N-dealkylation sites (N-methyl/N-ethyl adjacent to an activating group) is 1. The topological polar surface area (TPSA) is 129 Å². The summed E-state index contributed by atoms with van der Waals surface area (Å²) in [7, 11) is 1.99. The molecule has 0 radical (unpaired) electrons. The highest BCUT2D eigenvalue weighted by atomic mass is 19.1. The van der Waals surface area contributed by atoms with E-state index in [1.54, 1.807) is 30.9 Å². The molecule has 1 aliphatic heterocycles. The first-order chi connectivity index (χ1) is 22.6. The van der Waals surface area contributed by atoms with Crippen molar-refractivity contribution in [1.82, 2.24) is 30.2 Å². The molecule has 12 heteroatoms. The van der Waals surface area contributed by atoms with E-state index in [0.29, 0.717) is 37.3 Å². The molecule has 0 aliphatic carbocycles. The van der Waals surface area contributed by atoms with Gasteiger partial charge >= 0.3 is 0 Å². The van der Waals surface area contributed by atoms with E-state index < -0.39 is 41.6 Å². The van der Waals surface area contributed by atoms with E-state index in [9.17, 15) is 19.2 Å². The number of carbonyl (C=O) groups excluding carboxylic acids is 4. The van der Waals surface area contributed by atoms with Gasteiger partial charge in [0.15, 0.2) is 0 Å². The van der Waals surface area contributed by atoms with Gasteiger partial charge in [-0.05, 0) is 49.7 Å². The van der Waals surface area contributed by atoms with Crippen LogP contribution >= 0.6 is 0 Å². The Morgan fingerprint density at radius 3 is 2.21 bits per heavy atom. The zero-order valence-corrected chi connectivity index (χ0v) is 27.8. The average molecular weight is 648 g/mol. The van der Waals surface area contributed by atoms with Crippen LogP contribution in [0.15, 0.2) is 60.8 Å². The van der Waals surface area contributed by atoms with E-state index in [0.717, 1.165) is 18.7 Å². The summed E-state index contributed by atoms with van der Waals surface area (Å²) < 4.78 is 17.3. The van der Waals surface area contributed by atoms with Crippen molar-refractivity contribution in [2.45, 2.75) is 71.0 Å². The first-order valence-electron chi connectivity index (χ1n) is 16.3. The lowest BCUT2D eigenvalue weighted by atomic mass is 9.88. The maximum absolute atomic E-state index is 15.7. The molecular weight excluding hydrogens is 601 g/mol. The second-order valence-corrected chi connectivity index (χ2v) is 12.0. The van der Waals surface area contributed by atoms with Crippen molar-refractivity contribution in [3.8, 4) is 0 Å². The van der Waals surface area contributed by atoms with Crippen LogP contribution in [0.25, 0.3) is 0 Å². The molecule has 252 valence electrons. The predicted octanol–water partition coefficient (Wildman–Crippen LogP) is 3.75. The molecule has 0 spiro atoms.